The quantitative estimate of drug-likeness (QED) is 0.835. The fourth-order valence-electron chi connectivity index (χ4n) is 1.97. The molecule has 18 heavy (non-hydrogen) atoms. The second-order valence-electron chi connectivity index (χ2n) is 6.87. The fourth-order valence-corrected chi connectivity index (χ4v) is 1.97. The molecule has 0 radical (unpaired) electrons. The highest BCUT2D eigenvalue weighted by molar-refractivity contribution is 5.99. The van der Waals surface area contributed by atoms with Crippen molar-refractivity contribution < 1.29 is 9.59 Å². The number of piperazine rings is 1. The molecule has 0 aromatic carbocycles. The number of nitrogens with zero attached hydrogens (tertiary/aromatic N) is 1. The van der Waals surface area contributed by atoms with Crippen molar-refractivity contribution in [3.05, 3.63) is 0 Å². The minimum Gasteiger partial charge on any atom is -0.340 e. The zero-order valence-corrected chi connectivity index (χ0v) is 12.6. The average molecular weight is 254 g/mol. The zero-order valence-electron chi connectivity index (χ0n) is 12.6. The molecule has 4 nitrogen and oxygen atoms in total. The summed E-state index contributed by atoms with van der Waals surface area (Å²) >= 11 is 0. The maximum Gasteiger partial charge on any atom is 0.248 e. The number of rotatable bonds is 3. The molecule has 0 saturated carbocycles. The van der Waals surface area contributed by atoms with Gasteiger partial charge in [0.15, 0.2) is 0 Å². The van der Waals surface area contributed by atoms with Gasteiger partial charge in [-0.15, -0.1) is 0 Å². The summed E-state index contributed by atoms with van der Waals surface area (Å²) in [5, 5.41) is 2.77. The van der Waals surface area contributed by atoms with Crippen molar-refractivity contribution in [2.75, 3.05) is 6.54 Å². The summed E-state index contributed by atoms with van der Waals surface area (Å²) in [4.78, 5) is 26.1. The summed E-state index contributed by atoms with van der Waals surface area (Å²) in [5.41, 5.74) is -0.797. The molecule has 1 N–H and O–H groups in total. The van der Waals surface area contributed by atoms with Crippen molar-refractivity contribution in [2.45, 2.75) is 60.0 Å². The van der Waals surface area contributed by atoms with Crippen LogP contribution in [0.15, 0.2) is 0 Å². The van der Waals surface area contributed by atoms with E-state index in [4.69, 9.17) is 0 Å². The first-order valence-electron chi connectivity index (χ1n) is 6.62. The third-order valence-corrected chi connectivity index (χ3v) is 4.22. The third-order valence-electron chi connectivity index (χ3n) is 4.22. The van der Waals surface area contributed by atoms with E-state index in [2.05, 4.69) is 33.0 Å². The van der Waals surface area contributed by atoms with Crippen LogP contribution in [-0.2, 0) is 9.59 Å². The van der Waals surface area contributed by atoms with Gasteiger partial charge >= 0.3 is 0 Å². The predicted octanol–water partition coefficient (Wildman–Crippen LogP) is 1.79. The Morgan fingerprint density at radius 2 is 1.83 bits per heavy atom. The summed E-state index contributed by atoms with van der Waals surface area (Å²) in [6.07, 6.45) is 0. The number of nitrogens with one attached hydrogen (secondary N) is 1. The molecule has 4 heteroatoms. The van der Waals surface area contributed by atoms with E-state index in [1.807, 2.05) is 0 Å². The normalized spacial score (nSPS) is 24.4. The predicted molar refractivity (Wildman–Crippen MR) is 72.0 cm³/mol. The van der Waals surface area contributed by atoms with Crippen LogP contribution in [0.5, 0.6) is 0 Å². The minimum absolute atomic E-state index is 0.00236. The first-order chi connectivity index (χ1) is 7.99. The molecule has 1 rings (SSSR count). The van der Waals surface area contributed by atoms with Gasteiger partial charge in [-0.3, -0.25) is 9.59 Å². The molecule has 1 saturated heterocycles. The highest BCUT2D eigenvalue weighted by Crippen LogP contribution is 2.30. The van der Waals surface area contributed by atoms with Gasteiger partial charge in [0.05, 0.1) is 0 Å². The van der Waals surface area contributed by atoms with Crippen molar-refractivity contribution in [3.63, 3.8) is 0 Å². The molecule has 104 valence electrons. The second kappa shape index (κ2) is 4.56. The molecule has 0 aromatic heterocycles. The summed E-state index contributed by atoms with van der Waals surface area (Å²) in [6, 6.07) is -0.386. The number of hydrogen-bond donors (Lipinski definition) is 1. The molecule has 1 heterocycles. The van der Waals surface area contributed by atoms with Crippen LogP contribution in [0.4, 0.5) is 0 Å². The van der Waals surface area contributed by atoms with Crippen molar-refractivity contribution >= 4 is 11.8 Å². The van der Waals surface area contributed by atoms with Crippen molar-refractivity contribution in [1.29, 1.82) is 0 Å². The highest BCUT2D eigenvalue weighted by Gasteiger charge is 2.45. The standard InChI is InChI=1S/C14H26N2O2/c1-9(2)13(4,5)8-16-10(3)11(17)15-14(6,7)12(16)18/h9-10H,8H2,1-7H3,(H,15,17). The molecular formula is C14H26N2O2. The van der Waals surface area contributed by atoms with E-state index in [0.717, 1.165) is 0 Å². The van der Waals surface area contributed by atoms with Crippen molar-refractivity contribution in [3.8, 4) is 0 Å². The molecule has 1 aliphatic rings. The van der Waals surface area contributed by atoms with E-state index in [1.54, 1.807) is 25.7 Å². The third kappa shape index (κ3) is 2.68. The molecule has 1 aliphatic heterocycles. The lowest BCUT2D eigenvalue weighted by atomic mass is 9.79. The van der Waals surface area contributed by atoms with Gasteiger partial charge in [-0.1, -0.05) is 27.7 Å². The summed E-state index contributed by atoms with van der Waals surface area (Å²) in [7, 11) is 0. The van der Waals surface area contributed by atoms with E-state index in [1.165, 1.54) is 0 Å². The van der Waals surface area contributed by atoms with Crippen LogP contribution in [0.2, 0.25) is 0 Å². The molecule has 0 aromatic rings. The lowest BCUT2D eigenvalue weighted by Gasteiger charge is -2.45. The number of amides is 2. The largest absolute Gasteiger partial charge is 0.340 e. The Hall–Kier alpha value is -1.06. The summed E-state index contributed by atoms with van der Waals surface area (Å²) in [6.45, 7) is 14.5. The second-order valence-corrected chi connectivity index (χ2v) is 6.87. The van der Waals surface area contributed by atoms with Crippen LogP contribution in [0.25, 0.3) is 0 Å². The molecule has 1 atom stereocenters. The Morgan fingerprint density at radius 3 is 2.28 bits per heavy atom. The highest BCUT2D eigenvalue weighted by atomic mass is 16.2. The average Bonchev–Trinajstić information content (AvgIpc) is 2.21. The van der Waals surface area contributed by atoms with Gasteiger partial charge in [0.25, 0.3) is 0 Å². The monoisotopic (exact) mass is 254 g/mol. The Morgan fingerprint density at radius 1 is 1.33 bits per heavy atom. The molecule has 0 spiro atoms. The maximum absolute atomic E-state index is 12.4. The van der Waals surface area contributed by atoms with Crippen molar-refractivity contribution in [1.82, 2.24) is 10.2 Å². The number of carbonyl (C=O) groups excluding carboxylic acids is 2. The van der Waals surface area contributed by atoms with Gasteiger partial charge in [-0.2, -0.15) is 0 Å². The molecule has 0 bridgehead atoms. The number of hydrogen-bond acceptors (Lipinski definition) is 2. The SMILES string of the molecule is CC1C(=O)NC(C)(C)C(=O)N1CC(C)(C)C(C)C. The van der Waals surface area contributed by atoms with E-state index < -0.39 is 5.54 Å². The van der Waals surface area contributed by atoms with E-state index >= 15 is 0 Å². The van der Waals surface area contributed by atoms with Gasteiger partial charge in [0, 0.05) is 6.54 Å². The first-order valence-corrected chi connectivity index (χ1v) is 6.62. The van der Waals surface area contributed by atoms with E-state index in [0.29, 0.717) is 12.5 Å². The van der Waals surface area contributed by atoms with E-state index in [9.17, 15) is 9.59 Å². The molecule has 1 fully saturated rings. The summed E-state index contributed by atoms with van der Waals surface area (Å²) in [5.74, 6) is 0.382. The van der Waals surface area contributed by atoms with Crippen LogP contribution < -0.4 is 5.32 Å². The Kier molecular flexibility index (Phi) is 3.80. The van der Waals surface area contributed by atoms with Crippen molar-refractivity contribution in [2.24, 2.45) is 11.3 Å². The Balaban J connectivity index is 2.98. The van der Waals surface area contributed by atoms with Crippen LogP contribution >= 0.6 is 0 Å². The molecular weight excluding hydrogens is 228 g/mol. The molecule has 2 amide bonds. The van der Waals surface area contributed by atoms with Crippen LogP contribution in [0, 0.1) is 11.3 Å². The molecule has 1 unspecified atom stereocenters. The van der Waals surface area contributed by atoms with Gasteiger partial charge in [0.1, 0.15) is 11.6 Å². The van der Waals surface area contributed by atoms with Crippen LogP contribution in [0.1, 0.15) is 48.5 Å². The molecule has 0 aliphatic carbocycles. The lowest BCUT2D eigenvalue weighted by Crippen LogP contribution is -2.68. The topological polar surface area (TPSA) is 49.4 Å². The smallest absolute Gasteiger partial charge is 0.248 e. The first kappa shape index (κ1) is 15.0. The zero-order chi connectivity index (χ0) is 14.3. The van der Waals surface area contributed by atoms with Gasteiger partial charge in [-0.05, 0) is 32.1 Å². The maximum atomic E-state index is 12.4. The number of carbonyl (C=O) groups is 2. The fraction of sp³-hybridized carbons (Fsp3) is 0.857. The lowest BCUT2D eigenvalue weighted by molar-refractivity contribution is -0.154. The van der Waals surface area contributed by atoms with Gasteiger partial charge in [0.2, 0.25) is 11.8 Å². The minimum atomic E-state index is -0.795. The van der Waals surface area contributed by atoms with Crippen LogP contribution in [0.3, 0.4) is 0 Å². The summed E-state index contributed by atoms with van der Waals surface area (Å²) < 4.78 is 0. The Bertz CT molecular complexity index is 359. The van der Waals surface area contributed by atoms with Crippen LogP contribution in [-0.4, -0.2) is 34.8 Å². The van der Waals surface area contributed by atoms with E-state index in [-0.39, 0.29) is 23.3 Å². The van der Waals surface area contributed by atoms with Gasteiger partial charge in [-0.25, -0.2) is 0 Å². The Labute approximate surface area is 110 Å². The van der Waals surface area contributed by atoms with Gasteiger partial charge < -0.3 is 10.2 Å².